The van der Waals surface area contributed by atoms with Crippen LogP contribution in [0.2, 0.25) is 0 Å². The van der Waals surface area contributed by atoms with Crippen molar-refractivity contribution in [3.05, 3.63) is 34.8 Å². The van der Waals surface area contributed by atoms with E-state index < -0.39 is 0 Å². The number of hydrogen-bond acceptors (Lipinski definition) is 3. The molecule has 2 nitrogen and oxygen atoms in total. The Labute approximate surface area is 81.0 Å². The van der Waals surface area contributed by atoms with Gasteiger partial charge >= 0.3 is 0 Å². The number of thioether (sulfide) groups is 1. The standard InChI is InChI=1S/C10H10O2S/c11-5-7-2-1-3-10-9(7)4-8(6-12)13-10/h1-5,9-10,12H,6H2. The van der Waals surface area contributed by atoms with Crippen LogP contribution in [0.4, 0.5) is 0 Å². The quantitative estimate of drug-likeness (QED) is 0.673. The lowest BCUT2D eigenvalue weighted by Crippen LogP contribution is -2.14. The first-order valence-electron chi connectivity index (χ1n) is 4.17. The molecule has 0 fully saturated rings. The van der Waals surface area contributed by atoms with Crippen LogP contribution in [0.1, 0.15) is 0 Å². The van der Waals surface area contributed by atoms with E-state index in [1.807, 2.05) is 18.2 Å². The zero-order valence-electron chi connectivity index (χ0n) is 7.01. The van der Waals surface area contributed by atoms with Crippen LogP contribution in [0.15, 0.2) is 34.8 Å². The summed E-state index contributed by atoms with van der Waals surface area (Å²) in [5.41, 5.74) is 0.809. The van der Waals surface area contributed by atoms with E-state index in [1.165, 1.54) is 0 Å². The van der Waals surface area contributed by atoms with Crippen molar-refractivity contribution in [1.29, 1.82) is 0 Å². The van der Waals surface area contributed by atoms with Gasteiger partial charge in [-0.3, -0.25) is 4.79 Å². The van der Waals surface area contributed by atoms with Gasteiger partial charge in [-0.05, 0) is 0 Å². The Morgan fingerprint density at radius 1 is 1.62 bits per heavy atom. The molecule has 1 heterocycles. The molecule has 0 radical (unpaired) electrons. The first-order chi connectivity index (χ1) is 6.35. The molecule has 0 aromatic carbocycles. The molecule has 2 rings (SSSR count). The molecule has 1 aliphatic carbocycles. The number of aliphatic hydroxyl groups is 1. The molecule has 0 aromatic heterocycles. The number of rotatable bonds is 2. The second-order valence-corrected chi connectivity index (χ2v) is 4.37. The van der Waals surface area contributed by atoms with E-state index in [4.69, 9.17) is 5.11 Å². The molecule has 0 amide bonds. The van der Waals surface area contributed by atoms with Crippen molar-refractivity contribution < 1.29 is 9.90 Å². The second-order valence-electron chi connectivity index (χ2n) is 3.07. The van der Waals surface area contributed by atoms with Gasteiger partial charge in [0, 0.05) is 21.6 Å². The van der Waals surface area contributed by atoms with Gasteiger partial charge in [-0.1, -0.05) is 24.3 Å². The topological polar surface area (TPSA) is 37.3 Å². The summed E-state index contributed by atoms with van der Waals surface area (Å²) in [5.74, 6) is 0.176. The van der Waals surface area contributed by atoms with Gasteiger partial charge in [0.2, 0.25) is 0 Å². The minimum absolute atomic E-state index is 0.0810. The van der Waals surface area contributed by atoms with E-state index in [2.05, 4.69) is 6.08 Å². The fourth-order valence-electron chi connectivity index (χ4n) is 1.62. The summed E-state index contributed by atoms with van der Waals surface area (Å²) >= 11 is 1.64. The Kier molecular flexibility index (Phi) is 2.38. The zero-order valence-corrected chi connectivity index (χ0v) is 7.83. The van der Waals surface area contributed by atoms with Crippen molar-refractivity contribution in [1.82, 2.24) is 0 Å². The van der Waals surface area contributed by atoms with Crippen LogP contribution in [0.5, 0.6) is 0 Å². The monoisotopic (exact) mass is 194 g/mol. The molecule has 3 heteroatoms. The maximum atomic E-state index is 10.7. The van der Waals surface area contributed by atoms with Gasteiger partial charge in [-0.25, -0.2) is 0 Å². The third-order valence-electron chi connectivity index (χ3n) is 2.27. The van der Waals surface area contributed by atoms with Gasteiger partial charge in [0.05, 0.1) is 6.61 Å². The molecule has 0 bridgehead atoms. The van der Waals surface area contributed by atoms with E-state index in [9.17, 15) is 4.79 Å². The van der Waals surface area contributed by atoms with Crippen molar-refractivity contribution in [3.63, 3.8) is 0 Å². The predicted molar refractivity (Wildman–Crippen MR) is 53.3 cm³/mol. The van der Waals surface area contributed by atoms with Crippen LogP contribution in [0.25, 0.3) is 0 Å². The van der Waals surface area contributed by atoms with Crippen molar-refractivity contribution in [2.45, 2.75) is 5.25 Å². The Morgan fingerprint density at radius 3 is 3.15 bits per heavy atom. The average molecular weight is 194 g/mol. The fraction of sp³-hybridized carbons (Fsp3) is 0.300. The van der Waals surface area contributed by atoms with E-state index >= 15 is 0 Å². The summed E-state index contributed by atoms with van der Waals surface area (Å²) in [7, 11) is 0. The van der Waals surface area contributed by atoms with E-state index in [-0.39, 0.29) is 12.5 Å². The molecular weight excluding hydrogens is 184 g/mol. The smallest absolute Gasteiger partial charge is 0.146 e. The summed E-state index contributed by atoms with van der Waals surface area (Å²) in [6.07, 6.45) is 8.71. The highest BCUT2D eigenvalue weighted by Gasteiger charge is 2.29. The summed E-state index contributed by atoms with van der Waals surface area (Å²) in [6, 6.07) is 0. The number of fused-ring (bicyclic) bond motifs is 1. The largest absolute Gasteiger partial charge is 0.391 e. The normalized spacial score (nSPS) is 30.8. The van der Waals surface area contributed by atoms with Gasteiger partial charge < -0.3 is 5.11 Å². The van der Waals surface area contributed by atoms with Gasteiger partial charge in [0.15, 0.2) is 0 Å². The number of carbonyl (C=O) groups excluding carboxylic acids is 1. The van der Waals surface area contributed by atoms with Crippen LogP contribution in [-0.2, 0) is 4.79 Å². The number of aldehydes is 1. The molecule has 1 aliphatic heterocycles. The Balaban J connectivity index is 2.26. The molecule has 1 N–H and O–H groups in total. The Hall–Kier alpha value is -0.800. The van der Waals surface area contributed by atoms with Crippen LogP contribution in [0, 0.1) is 5.92 Å². The number of carbonyl (C=O) groups is 1. The number of allylic oxidation sites excluding steroid dienone is 4. The predicted octanol–water partition coefficient (Wildman–Crippen LogP) is 1.29. The van der Waals surface area contributed by atoms with Crippen LogP contribution >= 0.6 is 11.8 Å². The maximum Gasteiger partial charge on any atom is 0.146 e. The lowest BCUT2D eigenvalue weighted by molar-refractivity contribution is -0.105. The highest BCUT2D eigenvalue weighted by atomic mass is 32.2. The van der Waals surface area contributed by atoms with E-state index in [1.54, 1.807) is 11.8 Å². The Morgan fingerprint density at radius 2 is 2.46 bits per heavy atom. The first-order valence-corrected chi connectivity index (χ1v) is 5.05. The van der Waals surface area contributed by atoms with Crippen molar-refractivity contribution in [3.8, 4) is 0 Å². The fourth-order valence-corrected chi connectivity index (χ4v) is 2.82. The highest BCUT2D eigenvalue weighted by molar-refractivity contribution is 8.04. The van der Waals surface area contributed by atoms with Crippen molar-refractivity contribution in [2.24, 2.45) is 5.92 Å². The minimum atomic E-state index is 0.0810. The summed E-state index contributed by atoms with van der Waals surface area (Å²) < 4.78 is 0. The molecule has 0 spiro atoms. The maximum absolute atomic E-state index is 10.7. The van der Waals surface area contributed by atoms with Gasteiger partial charge in [-0.15, -0.1) is 11.8 Å². The number of hydrogen-bond donors (Lipinski definition) is 1. The number of aliphatic hydroxyl groups excluding tert-OH is 1. The van der Waals surface area contributed by atoms with E-state index in [0.29, 0.717) is 5.25 Å². The zero-order chi connectivity index (χ0) is 9.26. The molecule has 2 aliphatic rings. The average Bonchev–Trinajstić information content (AvgIpc) is 2.59. The third-order valence-corrected chi connectivity index (χ3v) is 3.56. The Bertz CT molecular complexity index is 315. The minimum Gasteiger partial charge on any atom is -0.391 e. The summed E-state index contributed by atoms with van der Waals surface area (Å²) in [4.78, 5) is 11.7. The highest BCUT2D eigenvalue weighted by Crippen LogP contribution is 2.41. The van der Waals surface area contributed by atoms with Crippen LogP contribution in [-0.4, -0.2) is 23.2 Å². The lowest BCUT2D eigenvalue weighted by atomic mass is 9.92. The van der Waals surface area contributed by atoms with Gasteiger partial charge in [-0.2, -0.15) is 0 Å². The SMILES string of the molecule is O=CC1=CC=CC2SC(CO)=CC12. The van der Waals surface area contributed by atoms with E-state index in [0.717, 1.165) is 16.8 Å². The second kappa shape index (κ2) is 3.52. The van der Waals surface area contributed by atoms with Gasteiger partial charge in [0.1, 0.15) is 6.29 Å². The molecular formula is C10H10O2S. The van der Waals surface area contributed by atoms with Crippen molar-refractivity contribution >= 4 is 18.0 Å². The molecule has 68 valence electrons. The molecule has 2 unspecified atom stereocenters. The molecule has 0 saturated heterocycles. The molecule has 0 saturated carbocycles. The lowest BCUT2D eigenvalue weighted by Gasteiger charge is -2.17. The molecule has 0 aromatic rings. The summed E-state index contributed by atoms with van der Waals surface area (Å²) in [6.45, 7) is 0.0810. The van der Waals surface area contributed by atoms with Crippen LogP contribution < -0.4 is 0 Å². The third kappa shape index (κ3) is 1.49. The first kappa shape index (κ1) is 8.78. The molecule has 13 heavy (non-hydrogen) atoms. The van der Waals surface area contributed by atoms with Gasteiger partial charge in [0.25, 0.3) is 0 Å². The van der Waals surface area contributed by atoms with Crippen molar-refractivity contribution in [2.75, 3.05) is 6.61 Å². The molecule has 2 atom stereocenters. The van der Waals surface area contributed by atoms with Crippen LogP contribution in [0.3, 0.4) is 0 Å². The summed E-state index contributed by atoms with van der Waals surface area (Å²) in [5, 5.41) is 9.26.